The lowest BCUT2D eigenvalue weighted by molar-refractivity contribution is -0.127. The molecule has 4 rings (SSSR count). The van der Waals surface area contributed by atoms with Gasteiger partial charge in [0.1, 0.15) is 5.82 Å². The molecule has 0 bridgehead atoms. The van der Waals surface area contributed by atoms with E-state index in [1.165, 1.54) is 17.7 Å². The van der Waals surface area contributed by atoms with Gasteiger partial charge in [0.25, 0.3) is 0 Å². The molecule has 0 aliphatic carbocycles. The summed E-state index contributed by atoms with van der Waals surface area (Å²) in [6, 6.07) is 15.1. The van der Waals surface area contributed by atoms with E-state index in [4.69, 9.17) is 0 Å². The second kappa shape index (κ2) is 10.3. The second-order valence-electron chi connectivity index (χ2n) is 8.28. The number of guanidine groups is 1. The van der Waals surface area contributed by atoms with Crippen LogP contribution < -0.4 is 10.6 Å². The van der Waals surface area contributed by atoms with Gasteiger partial charge in [-0.3, -0.25) is 9.79 Å². The minimum atomic E-state index is -0.238. The van der Waals surface area contributed by atoms with Gasteiger partial charge in [-0.15, -0.1) is 0 Å². The molecular formula is C25H30FN5O. The van der Waals surface area contributed by atoms with Crippen molar-refractivity contribution in [2.24, 2.45) is 10.9 Å². The van der Waals surface area contributed by atoms with Crippen molar-refractivity contribution in [3.05, 3.63) is 71.7 Å². The molecule has 0 spiro atoms. The van der Waals surface area contributed by atoms with Crippen molar-refractivity contribution in [3.63, 3.8) is 0 Å². The van der Waals surface area contributed by atoms with E-state index in [1.54, 1.807) is 7.05 Å². The number of fused-ring (bicyclic) bond motifs is 1. The summed E-state index contributed by atoms with van der Waals surface area (Å²) in [6.45, 7) is 2.96. The normalized spacial score (nSPS) is 16.7. The van der Waals surface area contributed by atoms with Crippen LogP contribution in [0.5, 0.6) is 0 Å². The van der Waals surface area contributed by atoms with Gasteiger partial charge in [0.2, 0.25) is 5.91 Å². The number of carbonyl (C=O) groups excluding carboxylic acids is 1. The van der Waals surface area contributed by atoms with Gasteiger partial charge in [-0.25, -0.2) is 4.39 Å². The predicted molar refractivity (Wildman–Crippen MR) is 126 cm³/mol. The van der Waals surface area contributed by atoms with E-state index < -0.39 is 0 Å². The molecule has 1 fully saturated rings. The van der Waals surface area contributed by atoms with E-state index in [0.29, 0.717) is 19.5 Å². The third-order valence-electron chi connectivity index (χ3n) is 6.01. The molecule has 1 aliphatic heterocycles. The Morgan fingerprint density at radius 2 is 2.03 bits per heavy atom. The number of aliphatic imine (C=N–C) groups is 1. The van der Waals surface area contributed by atoms with Gasteiger partial charge in [0, 0.05) is 62.7 Å². The molecule has 3 N–H and O–H groups in total. The van der Waals surface area contributed by atoms with Crippen LogP contribution in [-0.4, -0.2) is 55.0 Å². The molecule has 168 valence electrons. The topological polar surface area (TPSA) is 72.5 Å². The van der Waals surface area contributed by atoms with E-state index in [9.17, 15) is 9.18 Å². The van der Waals surface area contributed by atoms with Gasteiger partial charge in [0.05, 0.1) is 0 Å². The molecular weight excluding hydrogens is 405 g/mol. The maximum Gasteiger partial charge on any atom is 0.223 e. The largest absolute Gasteiger partial charge is 0.361 e. The maximum atomic E-state index is 13.4. The van der Waals surface area contributed by atoms with Crippen molar-refractivity contribution in [2.45, 2.75) is 19.3 Å². The molecule has 2 aromatic carbocycles. The molecule has 1 aromatic heterocycles. The highest BCUT2D eigenvalue weighted by atomic mass is 19.1. The van der Waals surface area contributed by atoms with E-state index in [2.05, 4.69) is 32.7 Å². The lowest BCUT2D eigenvalue weighted by atomic mass is 10.1. The van der Waals surface area contributed by atoms with Crippen LogP contribution in [-0.2, 0) is 17.6 Å². The van der Waals surface area contributed by atoms with E-state index in [1.807, 2.05) is 35.4 Å². The van der Waals surface area contributed by atoms with E-state index >= 15 is 0 Å². The number of benzene rings is 2. The van der Waals surface area contributed by atoms with Gasteiger partial charge in [-0.2, -0.15) is 0 Å². The van der Waals surface area contributed by atoms with Gasteiger partial charge in [0.15, 0.2) is 5.96 Å². The van der Waals surface area contributed by atoms with Crippen molar-refractivity contribution in [2.75, 3.05) is 33.2 Å². The quantitative estimate of drug-likeness (QED) is 0.376. The summed E-state index contributed by atoms with van der Waals surface area (Å²) in [6.07, 6.45) is 4.18. The van der Waals surface area contributed by atoms with Crippen LogP contribution in [0.15, 0.2) is 59.7 Å². The molecule has 1 unspecified atom stereocenters. The van der Waals surface area contributed by atoms with Crippen molar-refractivity contribution in [1.29, 1.82) is 0 Å². The Kier molecular flexibility index (Phi) is 7.04. The highest BCUT2D eigenvalue weighted by molar-refractivity contribution is 5.83. The summed E-state index contributed by atoms with van der Waals surface area (Å²) in [7, 11) is 1.75. The van der Waals surface area contributed by atoms with Crippen LogP contribution in [0.3, 0.4) is 0 Å². The number of nitrogens with one attached hydrogen (secondary N) is 3. The summed E-state index contributed by atoms with van der Waals surface area (Å²) in [5.74, 6) is 0.996. The lowest BCUT2D eigenvalue weighted by Crippen LogP contribution is -2.41. The number of hydrogen-bond donors (Lipinski definition) is 3. The first-order valence-electron chi connectivity index (χ1n) is 11.1. The molecule has 1 saturated heterocycles. The molecule has 1 amide bonds. The Morgan fingerprint density at radius 3 is 2.84 bits per heavy atom. The molecule has 1 atom stereocenters. The second-order valence-corrected chi connectivity index (χ2v) is 8.28. The number of H-pyrrole nitrogens is 1. The number of carbonyl (C=O) groups is 1. The summed E-state index contributed by atoms with van der Waals surface area (Å²) in [4.78, 5) is 21.8. The van der Waals surface area contributed by atoms with Crippen molar-refractivity contribution >= 4 is 22.8 Å². The summed E-state index contributed by atoms with van der Waals surface area (Å²) in [5.41, 5.74) is 3.20. The Morgan fingerprint density at radius 1 is 1.19 bits per heavy atom. The van der Waals surface area contributed by atoms with Gasteiger partial charge < -0.3 is 20.5 Å². The smallest absolute Gasteiger partial charge is 0.223 e. The van der Waals surface area contributed by atoms with E-state index in [-0.39, 0.29) is 17.6 Å². The monoisotopic (exact) mass is 435 g/mol. The Hall–Kier alpha value is -3.35. The zero-order valence-electron chi connectivity index (χ0n) is 18.4. The zero-order valence-corrected chi connectivity index (χ0v) is 18.4. The van der Waals surface area contributed by atoms with Crippen LogP contribution in [0.2, 0.25) is 0 Å². The maximum absolute atomic E-state index is 13.4. The third kappa shape index (κ3) is 5.46. The minimum absolute atomic E-state index is 0.228. The van der Waals surface area contributed by atoms with E-state index in [0.717, 1.165) is 48.4 Å². The fourth-order valence-corrected chi connectivity index (χ4v) is 4.26. The average Bonchev–Trinajstić information content (AvgIpc) is 3.37. The molecule has 0 radical (unpaired) electrons. The lowest BCUT2D eigenvalue weighted by Gasteiger charge is -2.18. The van der Waals surface area contributed by atoms with Crippen LogP contribution in [0, 0.1) is 11.7 Å². The van der Waals surface area contributed by atoms with Gasteiger partial charge in [-0.1, -0.05) is 30.3 Å². The Balaban J connectivity index is 1.20. The highest BCUT2D eigenvalue weighted by Gasteiger charge is 2.29. The number of likely N-dealkylation sites (tertiary alicyclic amines) is 1. The number of halogens is 1. The molecule has 0 saturated carbocycles. The number of aromatic nitrogens is 1. The molecule has 32 heavy (non-hydrogen) atoms. The van der Waals surface area contributed by atoms with Crippen molar-refractivity contribution in [3.8, 4) is 0 Å². The molecule has 6 nitrogen and oxygen atoms in total. The summed E-state index contributed by atoms with van der Waals surface area (Å²) >= 11 is 0. The van der Waals surface area contributed by atoms with Crippen LogP contribution >= 0.6 is 0 Å². The molecule has 3 aromatic rings. The van der Waals surface area contributed by atoms with Gasteiger partial charge >= 0.3 is 0 Å². The zero-order chi connectivity index (χ0) is 22.3. The van der Waals surface area contributed by atoms with Crippen LogP contribution in [0.1, 0.15) is 17.5 Å². The summed E-state index contributed by atoms with van der Waals surface area (Å²) < 4.78 is 13.4. The Bertz CT molecular complexity index is 1080. The molecule has 7 heteroatoms. The predicted octanol–water partition coefficient (Wildman–Crippen LogP) is 3.11. The van der Waals surface area contributed by atoms with Gasteiger partial charge in [-0.05, 0) is 42.2 Å². The first kappa shape index (κ1) is 21.9. The standard InChI is InChI=1S/C25H30FN5O/c1-27-25(28-11-9-20-16-29-23-14-21(26)7-8-22(20)23)30-15-19-13-24(32)31(17-19)12-10-18-5-3-2-4-6-18/h2-8,14,16,19,29H,9-13,15,17H2,1H3,(H2,27,28,30). The van der Waals surface area contributed by atoms with Crippen molar-refractivity contribution in [1.82, 2.24) is 20.5 Å². The number of nitrogens with zero attached hydrogens (tertiary/aromatic N) is 2. The number of rotatable bonds is 8. The molecule has 2 heterocycles. The fourth-order valence-electron chi connectivity index (χ4n) is 4.26. The molecule has 1 aliphatic rings. The fraction of sp³-hybridized carbons (Fsp3) is 0.360. The number of amides is 1. The first-order chi connectivity index (χ1) is 15.6. The summed E-state index contributed by atoms with van der Waals surface area (Å²) in [5, 5.41) is 7.72. The number of aromatic amines is 1. The minimum Gasteiger partial charge on any atom is -0.361 e. The Labute approximate surface area is 187 Å². The van der Waals surface area contributed by atoms with Crippen molar-refractivity contribution < 1.29 is 9.18 Å². The first-order valence-corrected chi connectivity index (χ1v) is 11.1. The third-order valence-corrected chi connectivity index (χ3v) is 6.01. The van der Waals surface area contributed by atoms with Crippen LogP contribution in [0.25, 0.3) is 10.9 Å². The SMILES string of the molecule is CN=C(NCCc1c[nH]c2cc(F)ccc12)NCC1CC(=O)N(CCc2ccccc2)C1. The highest BCUT2D eigenvalue weighted by Crippen LogP contribution is 2.20. The van der Waals surface area contributed by atoms with Crippen LogP contribution in [0.4, 0.5) is 4.39 Å². The number of hydrogen-bond acceptors (Lipinski definition) is 2. The average molecular weight is 436 g/mol.